The summed E-state index contributed by atoms with van der Waals surface area (Å²) >= 11 is 0. The van der Waals surface area contributed by atoms with Gasteiger partial charge in [-0.15, -0.1) is 0 Å². The largest absolute Gasteiger partial charge is 0.463 e. The Morgan fingerprint density at radius 3 is 1.97 bits per heavy atom. The number of nitrogens with one attached hydrogen (secondary N) is 1. The molecule has 0 aliphatic rings. The molecule has 9 nitrogen and oxygen atoms in total. The highest BCUT2D eigenvalue weighted by Crippen LogP contribution is 2.11. The molecule has 0 bridgehead atoms. The van der Waals surface area contributed by atoms with E-state index in [1.54, 1.807) is 0 Å². The molecule has 0 fully saturated rings. The fraction of sp³-hybridized carbons (Fsp3) is 0.818. The second-order valence-electron chi connectivity index (χ2n) is 7.80. The van der Waals surface area contributed by atoms with E-state index in [4.69, 9.17) is 15.2 Å². The molecule has 0 aliphatic carbocycles. The summed E-state index contributed by atoms with van der Waals surface area (Å²) in [5.41, 5.74) is 5.05. The van der Waals surface area contributed by atoms with Gasteiger partial charge in [0.25, 0.3) is 0 Å². The first-order chi connectivity index (χ1) is 14.8. The average Bonchev–Trinajstić information content (AvgIpc) is 2.71. The normalized spacial score (nSPS) is 12.6. The van der Waals surface area contributed by atoms with E-state index in [1.165, 1.54) is 45.4 Å². The zero-order valence-corrected chi connectivity index (χ0v) is 19.0. The first kappa shape index (κ1) is 28.8. The summed E-state index contributed by atoms with van der Waals surface area (Å²) in [5, 5.41) is 12.2. The quantitative estimate of drug-likeness (QED) is 0.204. The number of aliphatic hydroxyl groups is 1. The molecule has 0 heterocycles. The monoisotopic (exact) mass is 444 g/mol. The molecule has 0 saturated heterocycles. The van der Waals surface area contributed by atoms with Crippen LogP contribution in [0.1, 0.15) is 90.9 Å². The van der Waals surface area contributed by atoms with Gasteiger partial charge >= 0.3 is 11.9 Å². The van der Waals surface area contributed by atoms with Gasteiger partial charge in [-0.1, -0.05) is 58.3 Å². The van der Waals surface area contributed by atoms with Crippen molar-refractivity contribution in [3.05, 3.63) is 0 Å². The molecule has 9 heteroatoms. The standard InChI is InChI=1S/C22H40N2O7/c1-3-4-5-6-7-8-9-10-11-12-21(28)30-15-18(26)16-31-22(29)19(24-17(2)25)13-14-20(23)27/h18-19,26H,3-16H2,1-2H3,(H2,23,27)(H,24,25)/t18?,19-/m0/s1. The third-order valence-electron chi connectivity index (χ3n) is 4.68. The van der Waals surface area contributed by atoms with Crippen LogP contribution in [0.25, 0.3) is 0 Å². The predicted octanol–water partition coefficient (Wildman–Crippen LogP) is 2.12. The van der Waals surface area contributed by atoms with Gasteiger partial charge < -0.3 is 25.6 Å². The Kier molecular flexibility index (Phi) is 17.3. The zero-order chi connectivity index (χ0) is 23.5. The number of amides is 2. The number of nitrogens with two attached hydrogens (primary N) is 1. The molecule has 2 atom stereocenters. The summed E-state index contributed by atoms with van der Waals surface area (Å²) in [6.45, 7) is 2.75. The minimum atomic E-state index is -1.18. The molecular weight excluding hydrogens is 404 g/mol. The van der Waals surface area contributed by atoms with E-state index in [1.807, 2.05) is 0 Å². The summed E-state index contributed by atoms with van der Waals surface area (Å²) in [4.78, 5) is 45.8. The van der Waals surface area contributed by atoms with Crippen molar-refractivity contribution >= 4 is 23.8 Å². The smallest absolute Gasteiger partial charge is 0.328 e. The molecule has 0 spiro atoms. The van der Waals surface area contributed by atoms with Gasteiger partial charge in [-0.05, 0) is 12.8 Å². The van der Waals surface area contributed by atoms with Crippen LogP contribution in [0.15, 0.2) is 0 Å². The molecular formula is C22H40N2O7. The Labute approximate surface area is 185 Å². The Hall–Kier alpha value is -2.16. The van der Waals surface area contributed by atoms with Gasteiger partial charge in [0, 0.05) is 19.8 Å². The van der Waals surface area contributed by atoms with Crippen molar-refractivity contribution < 1.29 is 33.8 Å². The number of unbranched alkanes of at least 4 members (excludes halogenated alkanes) is 8. The fourth-order valence-electron chi connectivity index (χ4n) is 2.95. The lowest BCUT2D eigenvalue weighted by Crippen LogP contribution is -2.42. The molecule has 4 N–H and O–H groups in total. The molecule has 31 heavy (non-hydrogen) atoms. The van der Waals surface area contributed by atoms with Gasteiger partial charge in [0.15, 0.2) is 0 Å². The van der Waals surface area contributed by atoms with Crippen LogP contribution >= 0.6 is 0 Å². The van der Waals surface area contributed by atoms with Crippen molar-refractivity contribution in [1.29, 1.82) is 0 Å². The van der Waals surface area contributed by atoms with E-state index in [-0.39, 0.29) is 19.4 Å². The highest BCUT2D eigenvalue weighted by atomic mass is 16.6. The maximum Gasteiger partial charge on any atom is 0.328 e. The topological polar surface area (TPSA) is 145 Å². The second kappa shape index (κ2) is 18.6. The Morgan fingerprint density at radius 2 is 1.42 bits per heavy atom. The Bertz CT molecular complexity index is 540. The molecule has 0 radical (unpaired) electrons. The minimum Gasteiger partial charge on any atom is -0.463 e. The molecule has 0 saturated carbocycles. The predicted molar refractivity (Wildman–Crippen MR) is 116 cm³/mol. The maximum atomic E-state index is 12.0. The van der Waals surface area contributed by atoms with Crippen molar-refractivity contribution in [1.82, 2.24) is 5.32 Å². The summed E-state index contributed by atoms with van der Waals surface area (Å²) in [5.74, 6) is -2.26. The number of hydrogen-bond donors (Lipinski definition) is 3. The Morgan fingerprint density at radius 1 is 0.871 bits per heavy atom. The minimum absolute atomic E-state index is 0.00241. The number of rotatable bonds is 19. The summed E-state index contributed by atoms with van der Waals surface area (Å²) in [7, 11) is 0. The number of hydrogen-bond acceptors (Lipinski definition) is 7. The van der Waals surface area contributed by atoms with E-state index in [2.05, 4.69) is 12.2 Å². The lowest BCUT2D eigenvalue weighted by Gasteiger charge is -2.18. The summed E-state index contributed by atoms with van der Waals surface area (Å²) < 4.78 is 9.95. The lowest BCUT2D eigenvalue weighted by molar-refractivity contribution is -0.154. The number of carbonyl (C=O) groups excluding carboxylic acids is 4. The van der Waals surface area contributed by atoms with Gasteiger partial charge in [-0.3, -0.25) is 14.4 Å². The van der Waals surface area contributed by atoms with Crippen molar-refractivity contribution in [3.8, 4) is 0 Å². The van der Waals surface area contributed by atoms with Crippen LogP contribution in [0.5, 0.6) is 0 Å². The SMILES string of the molecule is CCCCCCCCCCCC(=O)OCC(O)COC(=O)[C@H](CCC(N)=O)NC(C)=O. The molecule has 1 unspecified atom stereocenters. The Balaban J connectivity index is 3.91. The van der Waals surface area contributed by atoms with Crippen LogP contribution in [0, 0.1) is 0 Å². The van der Waals surface area contributed by atoms with Crippen molar-refractivity contribution in [2.24, 2.45) is 5.73 Å². The van der Waals surface area contributed by atoms with Gasteiger partial charge in [-0.2, -0.15) is 0 Å². The van der Waals surface area contributed by atoms with E-state index in [9.17, 15) is 24.3 Å². The zero-order valence-electron chi connectivity index (χ0n) is 19.0. The van der Waals surface area contributed by atoms with Crippen molar-refractivity contribution in [3.63, 3.8) is 0 Å². The molecule has 0 aromatic carbocycles. The molecule has 0 aliphatic heterocycles. The summed E-state index contributed by atoms with van der Waals surface area (Å²) in [6.07, 6.45) is 9.36. The molecule has 180 valence electrons. The third-order valence-corrected chi connectivity index (χ3v) is 4.68. The number of carbonyl (C=O) groups is 4. The number of aliphatic hydroxyl groups excluding tert-OH is 1. The van der Waals surface area contributed by atoms with Crippen LogP contribution in [-0.4, -0.2) is 54.2 Å². The molecule has 0 rings (SSSR count). The highest BCUT2D eigenvalue weighted by molar-refractivity contribution is 5.84. The molecule has 0 aromatic heterocycles. The average molecular weight is 445 g/mol. The van der Waals surface area contributed by atoms with E-state index in [0.717, 1.165) is 19.3 Å². The van der Waals surface area contributed by atoms with Crippen molar-refractivity contribution in [2.75, 3.05) is 13.2 Å². The van der Waals surface area contributed by atoms with Crippen LogP contribution in [-0.2, 0) is 28.7 Å². The van der Waals surface area contributed by atoms with E-state index in [0.29, 0.717) is 6.42 Å². The number of primary amides is 1. The van der Waals surface area contributed by atoms with E-state index >= 15 is 0 Å². The first-order valence-electron chi connectivity index (χ1n) is 11.3. The highest BCUT2D eigenvalue weighted by Gasteiger charge is 2.23. The van der Waals surface area contributed by atoms with Crippen LogP contribution in [0.2, 0.25) is 0 Å². The maximum absolute atomic E-state index is 12.0. The lowest BCUT2D eigenvalue weighted by atomic mass is 10.1. The fourth-order valence-corrected chi connectivity index (χ4v) is 2.95. The molecule has 2 amide bonds. The van der Waals surface area contributed by atoms with Gasteiger partial charge in [0.2, 0.25) is 11.8 Å². The van der Waals surface area contributed by atoms with Crippen LogP contribution < -0.4 is 11.1 Å². The van der Waals surface area contributed by atoms with Crippen LogP contribution in [0.3, 0.4) is 0 Å². The second-order valence-corrected chi connectivity index (χ2v) is 7.80. The number of esters is 2. The van der Waals surface area contributed by atoms with Crippen molar-refractivity contribution in [2.45, 2.75) is 103 Å². The van der Waals surface area contributed by atoms with Gasteiger partial charge in [0.1, 0.15) is 25.4 Å². The van der Waals surface area contributed by atoms with Gasteiger partial charge in [-0.25, -0.2) is 4.79 Å². The first-order valence-corrected chi connectivity index (χ1v) is 11.3. The van der Waals surface area contributed by atoms with E-state index < -0.39 is 42.5 Å². The van der Waals surface area contributed by atoms with Gasteiger partial charge in [0.05, 0.1) is 0 Å². The number of ether oxygens (including phenoxy) is 2. The third kappa shape index (κ3) is 18.3. The van der Waals surface area contributed by atoms with Crippen LogP contribution in [0.4, 0.5) is 0 Å². The summed E-state index contributed by atoms with van der Waals surface area (Å²) in [6, 6.07) is -1.04. The molecule has 0 aromatic rings.